The Bertz CT molecular complexity index is 373. The first-order valence-electron chi connectivity index (χ1n) is 5.51. The van der Waals surface area contributed by atoms with Crippen LogP contribution in [0, 0.1) is 10.8 Å². The first-order valence-corrected chi connectivity index (χ1v) is 5.51. The van der Waals surface area contributed by atoms with Crippen molar-refractivity contribution in [3.8, 4) is 0 Å². The minimum atomic E-state index is -4.95. The minimum absolute atomic E-state index is 0.0354. The van der Waals surface area contributed by atoms with Crippen LogP contribution in [0.3, 0.4) is 0 Å². The first-order chi connectivity index (χ1) is 7.92. The van der Waals surface area contributed by atoms with Gasteiger partial charge in [0.05, 0.1) is 5.41 Å². The van der Waals surface area contributed by atoms with Gasteiger partial charge in [0.15, 0.2) is 0 Å². The Kier molecular flexibility index (Phi) is 3.40. The smallest absolute Gasteiger partial charge is 0.471 e. The van der Waals surface area contributed by atoms with Crippen molar-refractivity contribution in [2.24, 2.45) is 10.8 Å². The number of carboxylic acids is 1. The van der Waals surface area contributed by atoms with Crippen LogP contribution in [0.4, 0.5) is 13.2 Å². The lowest BCUT2D eigenvalue weighted by Crippen LogP contribution is -2.47. The van der Waals surface area contributed by atoms with Gasteiger partial charge in [0.25, 0.3) is 0 Å². The van der Waals surface area contributed by atoms with E-state index in [0.717, 1.165) is 0 Å². The van der Waals surface area contributed by atoms with Gasteiger partial charge in [-0.3, -0.25) is 9.59 Å². The highest BCUT2D eigenvalue weighted by molar-refractivity contribution is 5.84. The predicted molar refractivity (Wildman–Crippen MR) is 56.8 cm³/mol. The van der Waals surface area contributed by atoms with Crippen molar-refractivity contribution < 1.29 is 27.9 Å². The number of nitrogens with zero attached hydrogens (tertiary/aromatic N) is 1. The highest BCUT2D eigenvalue weighted by atomic mass is 19.4. The Morgan fingerprint density at radius 1 is 1.22 bits per heavy atom. The molecule has 1 aliphatic heterocycles. The summed E-state index contributed by atoms with van der Waals surface area (Å²) in [6.07, 6.45) is -4.92. The fourth-order valence-corrected chi connectivity index (χ4v) is 2.27. The monoisotopic (exact) mass is 267 g/mol. The fraction of sp³-hybridized carbons (Fsp3) is 0.818. The van der Waals surface area contributed by atoms with Crippen molar-refractivity contribution in [2.75, 3.05) is 13.1 Å². The number of aliphatic carboxylic acids is 1. The van der Waals surface area contributed by atoms with E-state index in [1.54, 1.807) is 20.8 Å². The molecule has 0 saturated carbocycles. The summed E-state index contributed by atoms with van der Waals surface area (Å²) < 4.78 is 36.9. The number of likely N-dealkylation sites (tertiary alicyclic amines) is 1. The molecule has 1 unspecified atom stereocenters. The lowest BCUT2D eigenvalue weighted by Gasteiger charge is -2.37. The van der Waals surface area contributed by atoms with Crippen LogP contribution >= 0.6 is 0 Å². The molecular formula is C11H16F3NO3. The number of carboxylic acid groups (broad SMARTS) is 1. The first kappa shape index (κ1) is 14.8. The second-order valence-electron chi connectivity index (χ2n) is 5.61. The van der Waals surface area contributed by atoms with E-state index in [4.69, 9.17) is 0 Å². The van der Waals surface area contributed by atoms with Crippen molar-refractivity contribution in [3.63, 3.8) is 0 Å². The zero-order valence-corrected chi connectivity index (χ0v) is 10.5. The SMILES string of the molecule is CC(C)(C)C1(C(=O)O)CCN(C(=O)C(F)(F)F)C1. The quantitative estimate of drug-likeness (QED) is 0.789. The number of carbonyl (C=O) groups excluding carboxylic acids is 1. The number of carbonyl (C=O) groups is 2. The van der Waals surface area contributed by atoms with Gasteiger partial charge in [0.1, 0.15) is 0 Å². The maximum Gasteiger partial charge on any atom is 0.471 e. The van der Waals surface area contributed by atoms with Crippen LogP contribution in [-0.2, 0) is 9.59 Å². The Balaban J connectivity index is 2.99. The predicted octanol–water partition coefficient (Wildman–Crippen LogP) is 1.90. The third-order valence-electron chi connectivity index (χ3n) is 3.64. The molecule has 1 heterocycles. The zero-order valence-electron chi connectivity index (χ0n) is 10.5. The average Bonchev–Trinajstić information content (AvgIpc) is 2.59. The summed E-state index contributed by atoms with van der Waals surface area (Å²) in [5.41, 5.74) is -2.05. The highest BCUT2D eigenvalue weighted by Crippen LogP contribution is 2.46. The van der Waals surface area contributed by atoms with Crippen molar-refractivity contribution in [1.82, 2.24) is 4.90 Å². The van der Waals surface area contributed by atoms with E-state index >= 15 is 0 Å². The Morgan fingerprint density at radius 2 is 1.72 bits per heavy atom. The van der Waals surface area contributed by atoms with Crippen LogP contribution in [0.1, 0.15) is 27.2 Å². The van der Waals surface area contributed by atoms with E-state index in [-0.39, 0.29) is 13.0 Å². The standard InChI is InChI=1S/C11H16F3NO3/c1-9(2,3)10(8(17)18)4-5-15(6-10)7(16)11(12,13)14/h4-6H2,1-3H3,(H,17,18). The molecule has 18 heavy (non-hydrogen) atoms. The van der Waals surface area contributed by atoms with E-state index in [9.17, 15) is 27.9 Å². The number of hydrogen-bond acceptors (Lipinski definition) is 2. The largest absolute Gasteiger partial charge is 0.481 e. The van der Waals surface area contributed by atoms with Gasteiger partial charge in [-0.1, -0.05) is 20.8 Å². The number of hydrogen-bond donors (Lipinski definition) is 1. The van der Waals surface area contributed by atoms with Crippen molar-refractivity contribution in [3.05, 3.63) is 0 Å². The molecule has 1 N–H and O–H groups in total. The van der Waals surface area contributed by atoms with E-state index < -0.39 is 35.4 Å². The summed E-state index contributed by atoms with van der Waals surface area (Å²) in [5.74, 6) is -3.12. The van der Waals surface area contributed by atoms with Gasteiger partial charge in [-0.25, -0.2) is 0 Å². The van der Waals surface area contributed by atoms with Gasteiger partial charge in [0, 0.05) is 13.1 Å². The van der Waals surface area contributed by atoms with Crippen LogP contribution in [-0.4, -0.2) is 41.1 Å². The molecular weight excluding hydrogens is 251 g/mol. The molecule has 0 aliphatic carbocycles. The molecule has 1 atom stereocenters. The van der Waals surface area contributed by atoms with Crippen molar-refractivity contribution in [1.29, 1.82) is 0 Å². The average molecular weight is 267 g/mol. The Labute approximate surface area is 103 Å². The second kappa shape index (κ2) is 4.13. The molecule has 0 aromatic carbocycles. The van der Waals surface area contributed by atoms with Crippen LogP contribution in [0.15, 0.2) is 0 Å². The molecule has 1 aliphatic rings. The van der Waals surface area contributed by atoms with Crippen molar-refractivity contribution in [2.45, 2.75) is 33.4 Å². The number of alkyl halides is 3. The van der Waals surface area contributed by atoms with Crippen LogP contribution in [0.5, 0.6) is 0 Å². The molecule has 1 fully saturated rings. The van der Waals surface area contributed by atoms with E-state index in [1.165, 1.54) is 0 Å². The molecule has 0 aromatic heterocycles. The molecule has 104 valence electrons. The van der Waals surface area contributed by atoms with Gasteiger partial charge in [-0.15, -0.1) is 0 Å². The molecule has 1 rings (SSSR count). The van der Waals surface area contributed by atoms with Gasteiger partial charge in [-0.05, 0) is 11.8 Å². The van der Waals surface area contributed by atoms with Crippen LogP contribution in [0.25, 0.3) is 0 Å². The van der Waals surface area contributed by atoms with Gasteiger partial charge in [-0.2, -0.15) is 13.2 Å². The maximum atomic E-state index is 12.3. The molecule has 0 radical (unpaired) electrons. The number of amides is 1. The van der Waals surface area contributed by atoms with Crippen LogP contribution < -0.4 is 0 Å². The lowest BCUT2D eigenvalue weighted by molar-refractivity contribution is -0.185. The highest BCUT2D eigenvalue weighted by Gasteiger charge is 2.56. The molecule has 4 nitrogen and oxygen atoms in total. The third kappa shape index (κ3) is 2.30. The minimum Gasteiger partial charge on any atom is -0.481 e. The molecule has 0 bridgehead atoms. The zero-order chi connectivity index (χ0) is 14.4. The molecule has 1 amide bonds. The molecule has 0 aromatic rings. The Morgan fingerprint density at radius 3 is 2.00 bits per heavy atom. The summed E-state index contributed by atoms with van der Waals surface area (Å²) in [5, 5.41) is 9.28. The van der Waals surface area contributed by atoms with Gasteiger partial charge < -0.3 is 10.0 Å². The van der Waals surface area contributed by atoms with Crippen LogP contribution in [0.2, 0.25) is 0 Å². The summed E-state index contributed by atoms with van der Waals surface area (Å²) in [4.78, 5) is 23.1. The van der Waals surface area contributed by atoms with Gasteiger partial charge >= 0.3 is 18.1 Å². The number of rotatable bonds is 1. The fourth-order valence-electron chi connectivity index (χ4n) is 2.27. The van der Waals surface area contributed by atoms with E-state index in [0.29, 0.717) is 4.90 Å². The number of halogens is 3. The molecule has 7 heteroatoms. The second-order valence-corrected chi connectivity index (χ2v) is 5.61. The lowest BCUT2D eigenvalue weighted by atomic mass is 9.66. The summed E-state index contributed by atoms with van der Waals surface area (Å²) in [6.45, 7) is 4.39. The summed E-state index contributed by atoms with van der Waals surface area (Å²) in [7, 11) is 0. The van der Waals surface area contributed by atoms with E-state index in [1.807, 2.05) is 0 Å². The molecule has 0 spiro atoms. The topological polar surface area (TPSA) is 57.6 Å². The van der Waals surface area contributed by atoms with E-state index in [2.05, 4.69) is 0 Å². The summed E-state index contributed by atoms with van der Waals surface area (Å²) >= 11 is 0. The Hall–Kier alpha value is -1.27. The normalized spacial score (nSPS) is 25.3. The molecule has 1 saturated heterocycles. The maximum absolute atomic E-state index is 12.3. The van der Waals surface area contributed by atoms with Gasteiger partial charge in [0.2, 0.25) is 0 Å². The summed E-state index contributed by atoms with van der Waals surface area (Å²) in [6, 6.07) is 0. The van der Waals surface area contributed by atoms with Crippen molar-refractivity contribution >= 4 is 11.9 Å². The third-order valence-corrected chi connectivity index (χ3v) is 3.64.